The molecule has 0 aromatic rings. The Kier molecular flexibility index (Phi) is 53.9. The van der Waals surface area contributed by atoms with E-state index in [1.807, 2.05) is 0 Å². The fourth-order valence-corrected chi connectivity index (χ4v) is 1.13. The molecule has 9 nitrogen and oxygen atoms in total. The number of nitrogens with one attached hydrogen (secondary N) is 3. The van der Waals surface area contributed by atoms with Crippen LogP contribution in [0.2, 0.25) is 0 Å². The summed E-state index contributed by atoms with van der Waals surface area (Å²) in [6, 6.07) is 0. The van der Waals surface area contributed by atoms with E-state index in [0.29, 0.717) is 0 Å². The lowest BCUT2D eigenvalue weighted by molar-refractivity contribution is -0.698. The third-order valence-electron chi connectivity index (χ3n) is 2.59. The second kappa shape index (κ2) is 38.0. The van der Waals surface area contributed by atoms with Crippen LogP contribution >= 0.6 is 0 Å². The largest absolute Gasteiger partial charge is 1.00 e. The van der Waals surface area contributed by atoms with Crippen molar-refractivity contribution >= 4 is 17.7 Å². The van der Waals surface area contributed by atoms with E-state index in [1.165, 1.54) is 18.2 Å². The Morgan fingerprint density at radius 1 is 0.600 bits per heavy atom. The molecule has 0 unspecified atom stereocenters. The van der Waals surface area contributed by atoms with Gasteiger partial charge in [-0.1, -0.05) is 40.5 Å². The van der Waals surface area contributed by atoms with Crippen LogP contribution in [0.4, 0.5) is 0 Å². The van der Waals surface area contributed by atoms with Gasteiger partial charge in [0.1, 0.15) is 0 Å². The van der Waals surface area contributed by atoms with Gasteiger partial charge in [-0.05, 0) is 19.3 Å². The summed E-state index contributed by atoms with van der Waals surface area (Å²) in [6.07, 6.45) is 6.93. The quantitative estimate of drug-likeness (QED) is 0.0529. The van der Waals surface area contributed by atoms with Crippen molar-refractivity contribution < 1.29 is 67.9 Å². The van der Waals surface area contributed by atoms with Crippen molar-refractivity contribution in [2.24, 2.45) is 0 Å². The number of amides is 3. The Labute approximate surface area is 199 Å². The van der Waals surface area contributed by atoms with E-state index in [0.717, 1.165) is 38.9 Å². The van der Waals surface area contributed by atoms with Crippen LogP contribution in [0, 0.1) is 0 Å². The second-order valence-corrected chi connectivity index (χ2v) is 5.12. The van der Waals surface area contributed by atoms with Crippen molar-refractivity contribution in [1.82, 2.24) is 16.3 Å². The molecule has 0 saturated heterocycles. The highest BCUT2D eigenvalue weighted by Gasteiger charge is 1.92. The van der Waals surface area contributed by atoms with Crippen LogP contribution in [0.15, 0.2) is 38.0 Å². The third-order valence-corrected chi connectivity index (χ3v) is 2.59. The first-order valence-electron chi connectivity index (χ1n) is 9.17. The fraction of sp³-hybridized carbons (Fsp3) is 0.500. The van der Waals surface area contributed by atoms with Crippen molar-refractivity contribution in [1.29, 1.82) is 0 Å². The monoisotopic (exact) mass is 492 g/mol. The van der Waals surface area contributed by atoms with E-state index in [1.54, 1.807) is 16.3 Å². The fourth-order valence-electron chi connectivity index (χ4n) is 1.13. The van der Waals surface area contributed by atoms with E-state index in [9.17, 15) is 14.4 Å². The van der Waals surface area contributed by atoms with Crippen LogP contribution < -0.4 is 69.8 Å². The average molecular weight is 494 g/mol. The highest BCUT2D eigenvalue weighted by Crippen LogP contribution is 1.61. The molecule has 0 aromatic carbocycles. The molecular weight excluding hydrogens is 455 g/mol. The molecule has 180 valence electrons. The van der Waals surface area contributed by atoms with Gasteiger partial charge in [-0.2, -0.15) is 0 Å². The van der Waals surface area contributed by atoms with Crippen molar-refractivity contribution in [3.8, 4) is 0 Å². The average Bonchev–Trinajstić information content (AvgIpc) is 2.69. The van der Waals surface area contributed by atoms with Gasteiger partial charge >= 0.3 is 0 Å². The maximum absolute atomic E-state index is 10.4. The van der Waals surface area contributed by atoms with Crippen molar-refractivity contribution in [3.05, 3.63) is 38.0 Å². The highest BCUT2D eigenvalue weighted by molar-refractivity contribution is 5.86. The lowest BCUT2D eigenvalue weighted by Gasteiger charge is -1.96. The van der Waals surface area contributed by atoms with Crippen LogP contribution in [-0.2, 0) is 14.4 Å². The van der Waals surface area contributed by atoms with Gasteiger partial charge in [0.15, 0.2) is 0 Å². The Morgan fingerprint density at radius 3 is 0.933 bits per heavy atom. The number of nitrogens with two attached hydrogens (primary N) is 3. The molecule has 0 rings (SSSR count). The number of rotatable bonds is 12. The third kappa shape index (κ3) is 45.2. The Bertz CT molecular complexity index is 380. The predicted molar refractivity (Wildman–Crippen MR) is 106 cm³/mol. The van der Waals surface area contributed by atoms with Crippen molar-refractivity contribution in [2.45, 2.75) is 40.0 Å². The van der Waals surface area contributed by atoms with Gasteiger partial charge in [0.2, 0.25) is 0 Å². The predicted octanol–water partition coefficient (Wildman–Crippen LogP) is -11.5. The van der Waals surface area contributed by atoms with Gasteiger partial charge < -0.3 is 37.2 Å². The topological polar surface area (TPSA) is 137 Å². The van der Waals surface area contributed by atoms with Gasteiger partial charge in [-0.3, -0.25) is 14.4 Å². The van der Waals surface area contributed by atoms with Crippen LogP contribution in [0.25, 0.3) is 0 Å². The van der Waals surface area contributed by atoms with Crippen LogP contribution in [0.3, 0.4) is 0 Å². The second-order valence-electron chi connectivity index (χ2n) is 5.12. The summed E-state index contributed by atoms with van der Waals surface area (Å²) in [5, 5.41) is 0. The molecule has 0 spiro atoms. The molecule has 0 heterocycles. The standard InChI is InChI=1S/3C6H12N2O.3ClH/c3*1-3-5-7-8-6(9)4-2;;;/h3*4,7H,2-3,5H2,1H3,(H,8,9);3*1H. The van der Waals surface area contributed by atoms with Gasteiger partial charge in [0.25, 0.3) is 17.7 Å². The maximum Gasteiger partial charge on any atom is 0.287 e. The summed E-state index contributed by atoms with van der Waals surface area (Å²) >= 11 is 0. The zero-order valence-corrected chi connectivity index (χ0v) is 20.5. The number of carbonyl (C=O) groups is 3. The molecule has 0 aliphatic carbocycles. The molecule has 0 atom stereocenters. The van der Waals surface area contributed by atoms with Gasteiger partial charge in [-0.25, -0.2) is 32.6 Å². The molecule has 0 aliphatic rings. The zero-order chi connectivity index (χ0) is 21.3. The molecule has 30 heavy (non-hydrogen) atoms. The first kappa shape index (κ1) is 42.5. The number of hydrogen-bond acceptors (Lipinski definition) is 3. The van der Waals surface area contributed by atoms with Crippen molar-refractivity contribution in [2.75, 3.05) is 19.6 Å². The van der Waals surface area contributed by atoms with E-state index in [4.69, 9.17) is 0 Å². The van der Waals surface area contributed by atoms with Crippen LogP contribution in [0.5, 0.6) is 0 Å². The summed E-state index contributed by atoms with van der Waals surface area (Å²) in [6.45, 7) is 18.8. The Morgan fingerprint density at radius 2 is 0.800 bits per heavy atom. The molecule has 0 saturated carbocycles. The number of quaternary nitrogens is 3. The SMILES string of the molecule is C=CC(=O)N[NH2+]CCC.C=CC(=O)N[NH2+]CCC.C=CC(=O)N[NH2+]CCC.[Cl-].[Cl-].[Cl-]. The minimum absolute atomic E-state index is 0. The lowest BCUT2D eigenvalue weighted by Crippen LogP contribution is -3.00. The minimum Gasteiger partial charge on any atom is -1.00 e. The smallest absolute Gasteiger partial charge is 0.287 e. The zero-order valence-electron chi connectivity index (χ0n) is 18.2. The number of carbonyl (C=O) groups excluding carboxylic acids is 3. The first-order chi connectivity index (χ1) is 12.9. The molecule has 0 fully saturated rings. The summed E-state index contributed by atoms with van der Waals surface area (Å²) in [5.74, 6) is -0.407. The normalized spacial score (nSPS) is 7.70. The highest BCUT2D eigenvalue weighted by atomic mass is 35.5. The molecule has 0 bridgehead atoms. The van der Waals surface area contributed by atoms with Crippen LogP contribution in [0.1, 0.15) is 40.0 Å². The maximum atomic E-state index is 10.4. The lowest BCUT2D eigenvalue weighted by atomic mass is 10.5. The molecule has 0 aromatic heterocycles. The molecular formula is C18H39Cl3N6O3. The summed E-state index contributed by atoms with van der Waals surface area (Å²) in [4.78, 5) is 31.3. The molecule has 0 radical (unpaired) electrons. The van der Waals surface area contributed by atoms with Crippen molar-refractivity contribution in [3.63, 3.8) is 0 Å². The number of halogens is 3. The van der Waals surface area contributed by atoms with Gasteiger partial charge in [-0.15, -0.1) is 0 Å². The van der Waals surface area contributed by atoms with Crippen LogP contribution in [-0.4, -0.2) is 37.4 Å². The molecule has 12 heteroatoms. The summed E-state index contributed by atoms with van der Waals surface area (Å²) in [7, 11) is 0. The summed E-state index contributed by atoms with van der Waals surface area (Å²) in [5.41, 5.74) is 12.9. The Hall–Kier alpha value is -1.62. The van der Waals surface area contributed by atoms with Gasteiger partial charge in [0.05, 0.1) is 19.6 Å². The van der Waals surface area contributed by atoms with E-state index >= 15 is 0 Å². The van der Waals surface area contributed by atoms with E-state index in [2.05, 4.69) is 56.8 Å². The van der Waals surface area contributed by atoms with E-state index in [-0.39, 0.29) is 54.9 Å². The molecule has 0 aliphatic heterocycles. The van der Waals surface area contributed by atoms with Gasteiger partial charge in [0, 0.05) is 18.2 Å². The summed E-state index contributed by atoms with van der Waals surface area (Å²) < 4.78 is 0. The minimum atomic E-state index is -0.136. The van der Waals surface area contributed by atoms with E-state index < -0.39 is 0 Å². The first-order valence-corrected chi connectivity index (χ1v) is 9.17. The molecule has 9 N–H and O–H groups in total. The molecule has 3 amide bonds. The number of hydrogen-bond donors (Lipinski definition) is 6. The Balaban J connectivity index is -0.0000000686.